The van der Waals surface area contributed by atoms with Gasteiger partial charge >= 0.3 is 0 Å². The van der Waals surface area contributed by atoms with Crippen LogP contribution in [0.3, 0.4) is 0 Å². The lowest BCUT2D eigenvalue weighted by atomic mass is 10.0. The molecule has 3 aromatic rings. The van der Waals surface area contributed by atoms with Crippen molar-refractivity contribution in [3.63, 3.8) is 0 Å². The van der Waals surface area contributed by atoms with Crippen LogP contribution in [-0.2, 0) is 6.61 Å². The van der Waals surface area contributed by atoms with Crippen molar-refractivity contribution < 1.29 is 4.74 Å². The highest BCUT2D eigenvalue weighted by Gasteiger charge is 2.03. The largest absolute Gasteiger partial charge is 0.489 e. The summed E-state index contributed by atoms with van der Waals surface area (Å²) >= 11 is 5.05. The Bertz CT molecular complexity index is 815. The maximum Gasteiger partial charge on any atom is 0.120 e. The standard InChI is InChI=1S/C20H17NOS/c21-20(23)18-10-4-8-16(12-18)17-9-5-11-19(13-17)22-14-15-6-2-1-3-7-15/h1-13H,14H2,(H2,21,23). The fourth-order valence-electron chi connectivity index (χ4n) is 2.36. The number of hydrogen-bond acceptors (Lipinski definition) is 2. The van der Waals surface area contributed by atoms with E-state index in [0.717, 1.165) is 28.0 Å². The zero-order valence-electron chi connectivity index (χ0n) is 12.6. The molecule has 2 N–H and O–H groups in total. The number of nitrogens with two attached hydrogens (primary N) is 1. The average Bonchev–Trinajstić information content (AvgIpc) is 2.61. The van der Waals surface area contributed by atoms with Crippen molar-refractivity contribution in [3.8, 4) is 16.9 Å². The van der Waals surface area contributed by atoms with E-state index in [1.807, 2.05) is 66.7 Å². The Morgan fingerprint density at radius 2 is 1.52 bits per heavy atom. The van der Waals surface area contributed by atoms with Crippen molar-refractivity contribution in [1.29, 1.82) is 0 Å². The summed E-state index contributed by atoms with van der Waals surface area (Å²) in [7, 11) is 0. The van der Waals surface area contributed by atoms with Crippen LogP contribution in [0, 0.1) is 0 Å². The molecule has 3 aromatic carbocycles. The molecule has 0 saturated heterocycles. The van der Waals surface area contributed by atoms with E-state index < -0.39 is 0 Å². The quantitative estimate of drug-likeness (QED) is 0.700. The van der Waals surface area contributed by atoms with Gasteiger partial charge in [-0.15, -0.1) is 0 Å². The maximum absolute atomic E-state index is 5.88. The van der Waals surface area contributed by atoms with Crippen molar-refractivity contribution in [1.82, 2.24) is 0 Å². The first-order valence-electron chi connectivity index (χ1n) is 7.39. The minimum absolute atomic E-state index is 0.406. The Morgan fingerprint density at radius 3 is 2.26 bits per heavy atom. The number of rotatable bonds is 5. The summed E-state index contributed by atoms with van der Waals surface area (Å²) in [5, 5.41) is 0. The molecule has 0 fully saturated rings. The van der Waals surface area contributed by atoms with Crippen molar-refractivity contribution in [2.45, 2.75) is 6.61 Å². The molecule has 0 saturated carbocycles. The zero-order chi connectivity index (χ0) is 16.1. The van der Waals surface area contributed by atoms with E-state index in [2.05, 4.69) is 12.1 Å². The van der Waals surface area contributed by atoms with Crippen LogP contribution >= 0.6 is 12.2 Å². The second-order valence-corrected chi connectivity index (χ2v) is 5.69. The van der Waals surface area contributed by atoms with E-state index >= 15 is 0 Å². The molecule has 2 nitrogen and oxygen atoms in total. The van der Waals surface area contributed by atoms with Gasteiger partial charge in [-0.1, -0.05) is 72.9 Å². The van der Waals surface area contributed by atoms with Crippen LogP contribution < -0.4 is 10.5 Å². The predicted molar refractivity (Wildman–Crippen MR) is 98.5 cm³/mol. The highest BCUT2D eigenvalue weighted by atomic mass is 32.1. The second kappa shape index (κ2) is 7.07. The first-order chi connectivity index (χ1) is 11.2. The minimum Gasteiger partial charge on any atom is -0.489 e. The van der Waals surface area contributed by atoms with Crippen molar-refractivity contribution in [2.75, 3.05) is 0 Å². The predicted octanol–water partition coefficient (Wildman–Crippen LogP) is 4.57. The number of hydrogen-bond donors (Lipinski definition) is 1. The number of ether oxygens (including phenoxy) is 1. The Morgan fingerprint density at radius 1 is 0.826 bits per heavy atom. The van der Waals surface area contributed by atoms with E-state index in [9.17, 15) is 0 Å². The third-order valence-corrected chi connectivity index (χ3v) is 3.80. The number of benzene rings is 3. The first kappa shape index (κ1) is 15.3. The lowest BCUT2D eigenvalue weighted by molar-refractivity contribution is 0.306. The number of thiocarbonyl (C=S) groups is 1. The maximum atomic E-state index is 5.88. The van der Waals surface area contributed by atoms with Gasteiger partial charge in [-0.05, 0) is 34.9 Å². The molecule has 0 aliphatic carbocycles. The summed E-state index contributed by atoms with van der Waals surface area (Å²) in [5.41, 5.74) is 9.87. The van der Waals surface area contributed by atoms with Gasteiger partial charge in [-0.2, -0.15) is 0 Å². The van der Waals surface area contributed by atoms with Gasteiger partial charge in [-0.25, -0.2) is 0 Å². The fraction of sp³-hybridized carbons (Fsp3) is 0.0500. The van der Waals surface area contributed by atoms with Gasteiger partial charge < -0.3 is 10.5 Å². The van der Waals surface area contributed by atoms with E-state index in [1.165, 1.54) is 0 Å². The molecule has 0 aliphatic heterocycles. The van der Waals surface area contributed by atoms with Crippen LogP contribution in [0.4, 0.5) is 0 Å². The summed E-state index contributed by atoms with van der Waals surface area (Å²) in [5.74, 6) is 0.840. The van der Waals surface area contributed by atoms with Crippen LogP contribution in [-0.4, -0.2) is 4.99 Å². The molecular weight excluding hydrogens is 302 g/mol. The van der Waals surface area contributed by atoms with Crippen LogP contribution in [0.15, 0.2) is 78.9 Å². The smallest absolute Gasteiger partial charge is 0.120 e. The lowest BCUT2D eigenvalue weighted by Crippen LogP contribution is -2.08. The van der Waals surface area contributed by atoms with Crippen molar-refractivity contribution >= 4 is 17.2 Å². The molecule has 0 radical (unpaired) electrons. The second-order valence-electron chi connectivity index (χ2n) is 5.25. The van der Waals surface area contributed by atoms with Gasteiger partial charge in [0, 0.05) is 5.56 Å². The average molecular weight is 319 g/mol. The summed E-state index contributed by atoms with van der Waals surface area (Å²) in [6.07, 6.45) is 0. The summed E-state index contributed by atoms with van der Waals surface area (Å²) in [4.78, 5) is 0.406. The topological polar surface area (TPSA) is 35.2 Å². The molecule has 0 aliphatic rings. The third-order valence-electron chi connectivity index (χ3n) is 3.56. The lowest BCUT2D eigenvalue weighted by Gasteiger charge is -2.09. The van der Waals surface area contributed by atoms with Crippen LogP contribution in [0.2, 0.25) is 0 Å². The van der Waals surface area contributed by atoms with Crippen LogP contribution in [0.5, 0.6) is 5.75 Å². The molecule has 0 amide bonds. The molecule has 0 bridgehead atoms. The Labute approximate surface area is 141 Å². The van der Waals surface area contributed by atoms with E-state index in [1.54, 1.807) is 0 Å². The molecular formula is C20H17NOS. The molecule has 0 aromatic heterocycles. The van der Waals surface area contributed by atoms with E-state index in [4.69, 9.17) is 22.7 Å². The van der Waals surface area contributed by atoms with Gasteiger partial charge in [-0.3, -0.25) is 0 Å². The molecule has 3 rings (SSSR count). The molecule has 3 heteroatoms. The molecule has 114 valence electrons. The fourth-order valence-corrected chi connectivity index (χ4v) is 2.49. The molecule has 0 atom stereocenters. The first-order valence-corrected chi connectivity index (χ1v) is 7.80. The normalized spacial score (nSPS) is 10.3. The Balaban J connectivity index is 1.80. The molecule has 0 spiro atoms. The van der Waals surface area contributed by atoms with Crippen molar-refractivity contribution in [3.05, 3.63) is 90.0 Å². The summed E-state index contributed by atoms with van der Waals surface area (Å²) in [6, 6.07) is 26.1. The molecule has 0 heterocycles. The van der Waals surface area contributed by atoms with Gasteiger partial charge in [0.05, 0.1) is 0 Å². The summed E-state index contributed by atoms with van der Waals surface area (Å²) in [6.45, 7) is 0.553. The van der Waals surface area contributed by atoms with E-state index in [0.29, 0.717) is 11.6 Å². The molecule has 0 unspecified atom stereocenters. The Kier molecular flexibility index (Phi) is 4.69. The van der Waals surface area contributed by atoms with Gasteiger partial charge in [0.15, 0.2) is 0 Å². The van der Waals surface area contributed by atoms with Crippen molar-refractivity contribution in [2.24, 2.45) is 5.73 Å². The van der Waals surface area contributed by atoms with Crippen LogP contribution in [0.1, 0.15) is 11.1 Å². The third kappa shape index (κ3) is 3.96. The summed E-state index contributed by atoms with van der Waals surface area (Å²) < 4.78 is 5.88. The highest BCUT2D eigenvalue weighted by molar-refractivity contribution is 7.80. The van der Waals surface area contributed by atoms with E-state index in [-0.39, 0.29) is 0 Å². The van der Waals surface area contributed by atoms with Gasteiger partial charge in [0.1, 0.15) is 17.3 Å². The molecule has 23 heavy (non-hydrogen) atoms. The van der Waals surface area contributed by atoms with Gasteiger partial charge in [0.2, 0.25) is 0 Å². The Hall–Kier alpha value is -2.65. The monoisotopic (exact) mass is 319 g/mol. The zero-order valence-corrected chi connectivity index (χ0v) is 13.4. The minimum atomic E-state index is 0.406. The van der Waals surface area contributed by atoms with Gasteiger partial charge in [0.25, 0.3) is 0 Å². The van der Waals surface area contributed by atoms with Crippen LogP contribution in [0.25, 0.3) is 11.1 Å². The SMILES string of the molecule is NC(=S)c1cccc(-c2cccc(OCc3ccccc3)c2)c1. The highest BCUT2D eigenvalue weighted by Crippen LogP contribution is 2.25.